The Hall–Kier alpha value is -0.290. The first kappa shape index (κ1) is 12.8. The molecule has 0 amide bonds. The van der Waals surface area contributed by atoms with Crippen molar-refractivity contribution in [3.05, 3.63) is 0 Å². The SMILES string of the molecule is CNC(CCC1CC1)COCC(F)(F)F. The fourth-order valence-corrected chi connectivity index (χ4v) is 1.47. The summed E-state index contributed by atoms with van der Waals surface area (Å²) >= 11 is 0. The predicted molar refractivity (Wildman–Crippen MR) is 51.7 cm³/mol. The van der Waals surface area contributed by atoms with E-state index >= 15 is 0 Å². The van der Waals surface area contributed by atoms with Gasteiger partial charge in [0.25, 0.3) is 0 Å². The Morgan fingerprint density at radius 2 is 2.07 bits per heavy atom. The van der Waals surface area contributed by atoms with Gasteiger partial charge in [0.1, 0.15) is 6.61 Å². The zero-order valence-corrected chi connectivity index (χ0v) is 8.94. The first-order valence-corrected chi connectivity index (χ1v) is 5.33. The molecule has 5 heteroatoms. The van der Waals surface area contributed by atoms with Crippen LogP contribution in [0.1, 0.15) is 25.7 Å². The summed E-state index contributed by atoms with van der Waals surface area (Å²) in [4.78, 5) is 0. The van der Waals surface area contributed by atoms with Crippen LogP contribution in [0.25, 0.3) is 0 Å². The van der Waals surface area contributed by atoms with Gasteiger partial charge in [-0.2, -0.15) is 13.2 Å². The molecule has 0 heterocycles. The Morgan fingerprint density at radius 3 is 2.53 bits per heavy atom. The predicted octanol–water partition coefficient (Wildman–Crippen LogP) is 2.34. The summed E-state index contributed by atoms with van der Waals surface area (Å²) in [5, 5.41) is 2.98. The summed E-state index contributed by atoms with van der Waals surface area (Å²) in [6, 6.07) is 0.0490. The second kappa shape index (κ2) is 5.70. The van der Waals surface area contributed by atoms with Gasteiger partial charge in [-0.05, 0) is 25.8 Å². The highest BCUT2D eigenvalue weighted by molar-refractivity contribution is 4.76. The van der Waals surface area contributed by atoms with E-state index in [0.717, 1.165) is 18.8 Å². The third kappa shape index (κ3) is 6.73. The van der Waals surface area contributed by atoms with E-state index in [1.165, 1.54) is 12.8 Å². The summed E-state index contributed by atoms with van der Waals surface area (Å²) in [5.74, 6) is 0.809. The van der Waals surface area contributed by atoms with Gasteiger partial charge in [0.2, 0.25) is 0 Å². The number of ether oxygens (including phenoxy) is 1. The molecule has 0 aromatic rings. The number of hydrogen-bond donors (Lipinski definition) is 1. The molecule has 1 fully saturated rings. The van der Waals surface area contributed by atoms with Crippen molar-refractivity contribution in [3.63, 3.8) is 0 Å². The molecule has 2 nitrogen and oxygen atoms in total. The summed E-state index contributed by atoms with van der Waals surface area (Å²) in [5.41, 5.74) is 0. The van der Waals surface area contributed by atoms with Gasteiger partial charge >= 0.3 is 6.18 Å². The van der Waals surface area contributed by atoms with Gasteiger partial charge in [0.15, 0.2) is 0 Å². The quantitative estimate of drug-likeness (QED) is 0.718. The maximum atomic E-state index is 11.8. The molecule has 90 valence electrons. The zero-order valence-electron chi connectivity index (χ0n) is 8.94. The van der Waals surface area contributed by atoms with Crippen LogP contribution in [0.4, 0.5) is 13.2 Å². The average Bonchev–Trinajstić information content (AvgIpc) is 2.92. The number of alkyl halides is 3. The first-order chi connectivity index (χ1) is 7.01. The maximum Gasteiger partial charge on any atom is 0.411 e. The molecule has 15 heavy (non-hydrogen) atoms. The Kier molecular flexibility index (Phi) is 4.86. The number of nitrogens with one attached hydrogen (secondary N) is 1. The van der Waals surface area contributed by atoms with Crippen molar-refractivity contribution in [2.75, 3.05) is 20.3 Å². The van der Waals surface area contributed by atoms with Crippen LogP contribution in [0.5, 0.6) is 0 Å². The lowest BCUT2D eigenvalue weighted by Gasteiger charge is -2.16. The van der Waals surface area contributed by atoms with Gasteiger partial charge in [0, 0.05) is 6.04 Å². The standard InChI is InChI=1S/C10H18F3NO/c1-14-9(5-4-8-2-3-8)6-15-7-10(11,12)13/h8-9,14H,2-7H2,1H3. The van der Waals surface area contributed by atoms with Crippen molar-refractivity contribution in [2.24, 2.45) is 5.92 Å². The van der Waals surface area contributed by atoms with Crippen LogP contribution in [-0.2, 0) is 4.74 Å². The second-order valence-corrected chi connectivity index (χ2v) is 4.14. The monoisotopic (exact) mass is 225 g/mol. The van der Waals surface area contributed by atoms with E-state index in [9.17, 15) is 13.2 Å². The van der Waals surface area contributed by atoms with Crippen LogP contribution < -0.4 is 5.32 Å². The van der Waals surface area contributed by atoms with Gasteiger partial charge in [-0.1, -0.05) is 12.8 Å². The van der Waals surface area contributed by atoms with Crippen molar-refractivity contribution in [3.8, 4) is 0 Å². The van der Waals surface area contributed by atoms with Crippen LogP contribution in [0.15, 0.2) is 0 Å². The number of halogens is 3. The third-order valence-electron chi connectivity index (χ3n) is 2.61. The topological polar surface area (TPSA) is 21.3 Å². The lowest BCUT2D eigenvalue weighted by atomic mass is 10.1. The molecular weight excluding hydrogens is 207 g/mol. The average molecular weight is 225 g/mol. The van der Waals surface area contributed by atoms with Crippen LogP contribution >= 0.6 is 0 Å². The molecule has 0 radical (unpaired) electrons. The molecule has 1 aliphatic carbocycles. The van der Waals surface area contributed by atoms with Gasteiger partial charge in [-0.3, -0.25) is 0 Å². The Labute approximate surface area is 88.2 Å². The van der Waals surface area contributed by atoms with Crippen LogP contribution in [-0.4, -0.2) is 32.5 Å². The fraction of sp³-hybridized carbons (Fsp3) is 1.00. The van der Waals surface area contributed by atoms with Crippen molar-refractivity contribution < 1.29 is 17.9 Å². The largest absolute Gasteiger partial charge is 0.411 e. The Bertz CT molecular complexity index is 180. The summed E-state index contributed by atoms with van der Waals surface area (Å²) < 4.78 is 40.0. The van der Waals surface area contributed by atoms with E-state index in [1.54, 1.807) is 7.05 Å². The first-order valence-electron chi connectivity index (χ1n) is 5.33. The normalized spacial score (nSPS) is 19.2. The van der Waals surface area contributed by atoms with E-state index in [2.05, 4.69) is 10.1 Å². The highest BCUT2D eigenvalue weighted by Crippen LogP contribution is 2.33. The molecule has 1 N–H and O–H groups in total. The van der Waals surface area contributed by atoms with E-state index in [0.29, 0.717) is 0 Å². The smallest absolute Gasteiger partial charge is 0.370 e. The number of hydrogen-bond acceptors (Lipinski definition) is 2. The molecule has 1 unspecified atom stereocenters. The number of rotatable bonds is 7. The van der Waals surface area contributed by atoms with Crippen molar-refractivity contribution in [1.29, 1.82) is 0 Å². The summed E-state index contributed by atoms with van der Waals surface area (Å²) in [6.07, 6.45) is 0.342. The van der Waals surface area contributed by atoms with Gasteiger partial charge in [0.05, 0.1) is 6.61 Å². The van der Waals surface area contributed by atoms with Crippen LogP contribution in [0.2, 0.25) is 0 Å². The Morgan fingerprint density at radius 1 is 1.40 bits per heavy atom. The molecule has 1 saturated carbocycles. The molecule has 1 atom stereocenters. The minimum Gasteiger partial charge on any atom is -0.370 e. The maximum absolute atomic E-state index is 11.8. The minimum atomic E-state index is -4.21. The highest BCUT2D eigenvalue weighted by Gasteiger charge is 2.28. The molecule has 0 saturated heterocycles. The minimum absolute atomic E-state index is 0.0490. The third-order valence-corrected chi connectivity index (χ3v) is 2.61. The zero-order chi connectivity index (χ0) is 11.3. The molecule has 0 spiro atoms. The van der Waals surface area contributed by atoms with E-state index in [1.807, 2.05) is 0 Å². The Balaban J connectivity index is 2.04. The van der Waals surface area contributed by atoms with Crippen LogP contribution in [0, 0.1) is 5.92 Å². The van der Waals surface area contributed by atoms with Gasteiger partial charge in [-0.15, -0.1) is 0 Å². The lowest BCUT2D eigenvalue weighted by Crippen LogP contribution is -2.32. The van der Waals surface area contributed by atoms with Crippen molar-refractivity contribution in [2.45, 2.75) is 37.9 Å². The van der Waals surface area contributed by atoms with E-state index < -0.39 is 12.8 Å². The molecule has 0 aliphatic heterocycles. The molecule has 1 aliphatic rings. The lowest BCUT2D eigenvalue weighted by molar-refractivity contribution is -0.175. The molecular formula is C10H18F3NO. The van der Waals surface area contributed by atoms with E-state index in [-0.39, 0.29) is 12.6 Å². The highest BCUT2D eigenvalue weighted by atomic mass is 19.4. The molecule has 0 bridgehead atoms. The van der Waals surface area contributed by atoms with Crippen LogP contribution in [0.3, 0.4) is 0 Å². The van der Waals surface area contributed by atoms with E-state index in [4.69, 9.17) is 0 Å². The van der Waals surface area contributed by atoms with Gasteiger partial charge < -0.3 is 10.1 Å². The summed E-state index contributed by atoms with van der Waals surface area (Å²) in [6.45, 7) is -1.00. The molecule has 0 aromatic carbocycles. The van der Waals surface area contributed by atoms with Crippen molar-refractivity contribution in [1.82, 2.24) is 5.32 Å². The molecule has 0 aromatic heterocycles. The second-order valence-electron chi connectivity index (χ2n) is 4.14. The van der Waals surface area contributed by atoms with Gasteiger partial charge in [-0.25, -0.2) is 0 Å². The van der Waals surface area contributed by atoms with Crippen molar-refractivity contribution >= 4 is 0 Å². The fourth-order valence-electron chi connectivity index (χ4n) is 1.47. The molecule has 1 rings (SSSR count). The number of likely N-dealkylation sites (N-methyl/N-ethyl adjacent to an activating group) is 1. The summed E-state index contributed by atoms with van der Waals surface area (Å²) in [7, 11) is 1.76.